The summed E-state index contributed by atoms with van der Waals surface area (Å²) in [5.41, 5.74) is 0.539. The van der Waals surface area contributed by atoms with E-state index in [9.17, 15) is 36.3 Å². The van der Waals surface area contributed by atoms with Gasteiger partial charge in [0.2, 0.25) is 5.91 Å². The van der Waals surface area contributed by atoms with Crippen LogP contribution in [-0.2, 0) is 20.8 Å². The van der Waals surface area contributed by atoms with Gasteiger partial charge in [-0.2, -0.15) is 13.2 Å². The van der Waals surface area contributed by atoms with E-state index < -0.39 is 69.2 Å². The third-order valence-electron chi connectivity index (χ3n) is 5.93. The molecule has 3 rings (SSSR count). The van der Waals surface area contributed by atoms with Crippen LogP contribution in [0.1, 0.15) is 30.0 Å². The minimum absolute atomic E-state index is 0.0321. The molecule has 0 bridgehead atoms. The van der Waals surface area contributed by atoms with Gasteiger partial charge in [0, 0.05) is 23.8 Å². The molecular weight excluding hydrogens is 531 g/mol. The normalized spacial score (nSPS) is 15.6. The van der Waals surface area contributed by atoms with Gasteiger partial charge in [0.05, 0.1) is 14.5 Å². The summed E-state index contributed by atoms with van der Waals surface area (Å²) in [4.78, 5) is 38.3. The van der Waals surface area contributed by atoms with Gasteiger partial charge in [0.25, 0.3) is 5.91 Å². The second kappa shape index (κ2) is 11.1. The standard InChI is InChI=1S/C25H27F5N2O5Si/c1-38(2,3)23-18(26)11-15(12-19(23)27)31-24(36)22-17-5-4-16(37-13-25(28,29)30)10-14(17)8-9-32(22)20(33)6-7-21(34)35/h4-5,10-12,22H,6-9,13H2,1-3H3,(H,31,36)(H,34,35)/t22-/m1/s1. The second-order valence-corrected chi connectivity index (χ2v) is 15.0. The van der Waals surface area contributed by atoms with Crippen LogP contribution in [-0.4, -0.2) is 55.2 Å². The van der Waals surface area contributed by atoms with Crippen molar-refractivity contribution in [1.29, 1.82) is 0 Å². The Morgan fingerprint density at radius 1 is 1.08 bits per heavy atom. The summed E-state index contributed by atoms with van der Waals surface area (Å²) in [6.07, 6.45) is -5.26. The van der Waals surface area contributed by atoms with Crippen LogP contribution in [0.2, 0.25) is 19.6 Å². The SMILES string of the molecule is C[Si](C)(C)c1c(F)cc(NC(=O)[C@H]2c3ccc(OCC(F)(F)F)cc3CCN2C(=O)CCC(=O)O)cc1F. The molecule has 2 N–H and O–H groups in total. The molecule has 0 unspecified atom stereocenters. The lowest BCUT2D eigenvalue weighted by molar-refractivity contribution is -0.153. The zero-order chi connectivity index (χ0) is 28.4. The first kappa shape index (κ1) is 29.1. The van der Waals surface area contributed by atoms with Crippen molar-refractivity contribution >= 4 is 36.7 Å². The minimum atomic E-state index is -4.55. The van der Waals surface area contributed by atoms with Crippen molar-refractivity contribution in [3.63, 3.8) is 0 Å². The molecule has 2 aromatic rings. The van der Waals surface area contributed by atoms with Crippen LogP contribution in [0, 0.1) is 11.6 Å². The molecule has 0 saturated carbocycles. The Bertz CT molecular complexity index is 1220. The monoisotopic (exact) mass is 558 g/mol. The van der Waals surface area contributed by atoms with Gasteiger partial charge in [-0.15, -0.1) is 0 Å². The molecule has 1 heterocycles. The van der Waals surface area contributed by atoms with Crippen molar-refractivity contribution < 1.29 is 46.2 Å². The van der Waals surface area contributed by atoms with Crippen LogP contribution in [0.4, 0.5) is 27.6 Å². The van der Waals surface area contributed by atoms with Crippen LogP contribution in [0.5, 0.6) is 5.75 Å². The van der Waals surface area contributed by atoms with Gasteiger partial charge in [-0.25, -0.2) is 8.78 Å². The molecule has 0 aliphatic carbocycles. The Hall–Kier alpha value is -3.48. The molecule has 1 aliphatic rings. The lowest BCUT2D eigenvalue weighted by Crippen LogP contribution is -2.45. The average molecular weight is 559 g/mol. The topological polar surface area (TPSA) is 95.9 Å². The molecule has 2 aromatic carbocycles. The predicted octanol–water partition coefficient (Wildman–Crippen LogP) is 4.38. The van der Waals surface area contributed by atoms with Gasteiger partial charge in [0.1, 0.15) is 23.4 Å². The van der Waals surface area contributed by atoms with Crippen molar-refractivity contribution in [3.8, 4) is 5.75 Å². The molecular formula is C25H27F5N2O5Si. The molecule has 38 heavy (non-hydrogen) atoms. The first-order valence-electron chi connectivity index (χ1n) is 11.7. The number of amides is 2. The second-order valence-electron chi connectivity index (χ2n) is 9.95. The van der Waals surface area contributed by atoms with Crippen molar-refractivity contribution in [2.45, 2.75) is 51.1 Å². The van der Waals surface area contributed by atoms with Crippen LogP contribution in [0.3, 0.4) is 0 Å². The van der Waals surface area contributed by atoms with E-state index in [-0.39, 0.29) is 35.2 Å². The van der Waals surface area contributed by atoms with Crippen LogP contribution in [0.15, 0.2) is 30.3 Å². The highest BCUT2D eigenvalue weighted by molar-refractivity contribution is 6.88. The Balaban J connectivity index is 1.95. The molecule has 206 valence electrons. The third kappa shape index (κ3) is 7.09. The fourth-order valence-corrected chi connectivity index (χ4v) is 5.92. The van der Waals surface area contributed by atoms with E-state index in [1.807, 2.05) is 0 Å². The molecule has 1 atom stereocenters. The zero-order valence-electron chi connectivity index (χ0n) is 20.9. The molecule has 2 amide bonds. The number of carbonyl (C=O) groups is 3. The number of carboxylic acid groups (broad SMARTS) is 1. The van der Waals surface area contributed by atoms with E-state index in [0.29, 0.717) is 5.56 Å². The number of hydrogen-bond donors (Lipinski definition) is 2. The molecule has 0 saturated heterocycles. The summed E-state index contributed by atoms with van der Waals surface area (Å²) in [7, 11) is -2.38. The first-order valence-corrected chi connectivity index (χ1v) is 15.2. The van der Waals surface area contributed by atoms with Gasteiger partial charge < -0.3 is 20.1 Å². The predicted molar refractivity (Wildman–Crippen MR) is 131 cm³/mol. The number of benzene rings is 2. The first-order chi connectivity index (χ1) is 17.6. The van der Waals surface area contributed by atoms with Crippen molar-refractivity contribution in [2.75, 3.05) is 18.5 Å². The number of carbonyl (C=O) groups excluding carboxylic acids is 2. The number of aliphatic carboxylic acids is 1. The summed E-state index contributed by atoms with van der Waals surface area (Å²) in [6.45, 7) is 3.74. The Morgan fingerprint density at radius 3 is 2.26 bits per heavy atom. The lowest BCUT2D eigenvalue weighted by atomic mass is 9.91. The number of hydrogen-bond acceptors (Lipinski definition) is 4. The zero-order valence-corrected chi connectivity index (χ0v) is 21.9. The van der Waals surface area contributed by atoms with Crippen LogP contribution in [0.25, 0.3) is 0 Å². The highest BCUT2D eigenvalue weighted by Gasteiger charge is 2.37. The highest BCUT2D eigenvalue weighted by atomic mass is 28.3. The van der Waals surface area contributed by atoms with Crippen LogP contribution >= 0.6 is 0 Å². The van der Waals surface area contributed by atoms with Crippen LogP contribution < -0.4 is 15.2 Å². The maximum absolute atomic E-state index is 14.7. The Kier molecular flexibility index (Phi) is 8.49. The number of rotatable bonds is 8. The minimum Gasteiger partial charge on any atom is -0.484 e. The van der Waals surface area contributed by atoms with E-state index in [2.05, 4.69) is 5.32 Å². The van der Waals surface area contributed by atoms with Crippen molar-refractivity contribution in [3.05, 3.63) is 53.1 Å². The molecule has 13 heteroatoms. The number of ether oxygens (including phenoxy) is 1. The largest absolute Gasteiger partial charge is 0.484 e. The van der Waals surface area contributed by atoms with E-state index in [1.165, 1.54) is 18.2 Å². The highest BCUT2D eigenvalue weighted by Crippen LogP contribution is 2.34. The molecule has 0 fully saturated rings. The molecule has 0 spiro atoms. The van der Waals surface area contributed by atoms with Gasteiger partial charge in [0.15, 0.2) is 6.61 Å². The van der Waals surface area contributed by atoms with Gasteiger partial charge in [-0.3, -0.25) is 14.4 Å². The van der Waals surface area contributed by atoms with Gasteiger partial charge in [-0.05, 0) is 41.8 Å². The number of nitrogens with one attached hydrogen (secondary N) is 1. The Labute approximate surface area is 216 Å². The molecule has 1 aliphatic heterocycles. The summed E-state index contributed by atoms with van der Waals surface area (Å²) < 4.78 is 71.9. The maximum Gasteiger partial charge on any atom is 0.422 e. The number of alkyl halides is 3. The van der Waals surface area contributed by atoms with E-state index in [1.54, 1.807) is 19.6 Å². The van der Waals surface area contributed by atoms with Crippen molar-refractivity contribution in [1.82, 2.24) is 4.90 Å². The van der Waals surface area contributed by atoms with Crippen molar-refractivity contribution in [2.24, 2.45) is 0 Å². The summed E-state index contributed by atoms with van der Waals surface area (Å²) in [5, 5.41) is 11.3. The van der Waals surface area contributed by atoms with Gasteiger partial charge in [-0.1, -0.05) is 25.7 Å². The lowest BCUT2D eigenvalue weighted by Gasteiger charge is -2.36. The quantitative estimate of drug-likeness (QED) is 0.371. The third-order valence-corrected chi connectivity index (χ3v) is 7.90. The molecule has 7 nitrogen and oxygen atoms in total. The summed E-state index contributed by atoms with van der Waals surface area (Å²) in [6, 6.07) is 4.56. The summed E-state index contributed by atoms with van der Waals surface area (Å²) >= 11 is 0. The van der Waals surface area contributed by atoms with E-state index >= 15 is 0 Å². The fraction of sp³-hybridized carbons (Fsp3) is 0.400. The average Bonchev–Trinajstić information content (AvgIpc) is 2.78. The van der Waals surface area contributed by atoms with Gasteiger partial charge >= 0.3 is 12.1 Å². The molecule has 0 aromatic heterocycles. The summed E-state index contributed by atoms with van der Waals surface area (Å²) in [5.74, 6) is -4.39. The smallest absolute Gasteiger partial charge is 0.422 e. The number of anilines is 1. The number of halogens is 5. The Morgan fingerprint density at radius 2 is 1.71 bits per heavy atom. The maximum atomic E-state index is 14.7. The number of nitrogens with zero attached hydrogens (tertiary/aromatic N) is 1. The fourth-order valence-electron chi connectivity index (χ4n) is 4.34. The number of fused-ring (bicyclic) bond motifs is 1. The number of carboxylic acids is 1. The van der Waals surface area contributed by atoms with E-state index in [4.69, 9.17) is 9.84 Å². The van der Waals surface area contributed by atoms with E-state index in [0.717, 1.165) is 17.0 Å². The molecule has 0 radical (unpaired) electrons.